The second-order valence-corrected chi connectivity index (χ2v) is 5.54. The summed E-state index contributed by atoms with van der Waals surface area (Å²) < 4.78 is 38.4. The van der Waals surface area contributed by atoms with Gasteiger partial charge in [0.1, 0.15) is 5.01 Å². The number of alkyl halides is 3. The number of carbonyl (C=O) groups is 2. The first kappa shape index (κ1) is 14.0. The molecule has 0 spiro atoms. The van der Waals surface area contributed by atoms with Crippen LogP contribution in [0.25, 0.3) is 0 Å². The van der Waals surface area contributed by atoms with Crippen molar-refractivity contribution in [2.24, 2.45) is 0 Å². The van der Waals surface area contributed by atoms with E-state index >= 15 is 0 Å². The molecule has 104 valence electrons. The van der Waals surface area contributed by atoms with Crippen LogP contribution < -0.4 is 5.32 Å². The molecule has 19 heavy (non-hydrogen) atoms. The third kappa shape index (κ3) is 2.25. The molecule has 1 aromatic heterocycles. The fraction of sp³-hybridized carbons (Fsp3) is 0.500. The van der Waals surface area contributed by atoms with E-state index in [0.717, 1.165) is 11.3 Å². The molecule has 0 bridgehead atoms. The number of halogens is 4. The van der Waals surface area contributed by atoms with E-state index in [1.807, 2.05) is 0 Å². The molecule has 0 aliphatic carbocycles. The minimum Gasteiger partial charge on any atom is -0.316 e. The van der Waals surface area contributed by atoms with Gasteiger partial charge in [-0.15, -0.1) is 10.2 Å². The number of rotatable bonds is 2. The van der Waals surface area contributed by atoms with Gasteiger partial charge in [0.25, 0.3) is 5.91 Å². The van der Waals surface area contributed by atoms with Crippen LogP contribution in [0.4, 0.5) is 18.0 Å². The molecule has 0 radical (unpaired) electrons. The Morgan fingerprint density at radius 1 is 1.42 bits per heavy atom. The van der Waals surface area contributed by atoms with Gasteiger partial charge in [-0.05, 0) is 18.5 Å². The lowest BCUT2D eigenvalue weighted by molar-refractivity contribution is -0.191. The number of hydrogen-bond acceptors (Lipinski definition) is 5. The Labute approximate surface area is 113 Å². The highest BCUT2D eigenvalue weighted by atomic mass is 35.5. The number of amides is 3. The number of urea groups is 1. The Hall–Kier alpha value is -1.42. The molecule has 1 unspecified atom stereocenters. The molecule has 1 N–H and O–H groups in total. The molecule has 1 saturated heterocycles. The van der Waals surface area contributed by atoms with Crippen molar-refractivity contribution in [2.75, 3.05) is 0 Å². The molecule has 1 fully saturated rings. The summed E-state index contributed by atoms with van der Waals surface area (Å²) in [6, 6.07) is -1.13. The monoisotopic (exact) mass is 314 g/mol. The lowest BCUT2D eigenvalue weighted by Gasteiger charge is -2.24. The van der Waals surface area contributed by atoms with Gasteiger partial charge in [0.15, 0.2) is 0 Å². The Kier molecular flexibility index (Phi) is 3.17. The number of aromatic nitrogens is 2. The van der Waals surface area contributed by atoms with E-state index < -0.39 is 30.2 Å². The molecule has 0 aromatic carbocycles. The summed E-state index contributed by atoms with van der Waals surface area (Å²) in [5.74, 6) is -1.38. The lowest BCUT2D eigenvalue weighted by Crippen LogP contribution is -2.56. The topological polar surface area (TPSA) is 75.2 Å². The van der Waals surface area contributed by atoms with Crippen LogP contribution in [0.15, 0.2) is 0 Å². The highest BCUT2D eigenvalue weighted by Crippen LogP contribution is 2.35. The van der Waals surface area contributed by atoms with E-state index in [1.165, 1.54) is 0 Å². The van der Waals surface area contributed by atoms with Crippen LogP contribution in [-0.4, -0.2) is 38.8 Å². The largest absolute Gasteiger partial charge is 0.420 e. The van der Waals surface area contributed by atoms with Gasteiger partial charge in [0.2, 0.25) is 10.0 Å². The SMILES string of the molecule is CC1(C(F)(F)F)NC(=O)N(Cc2nnc(Cl)s2)C1=O. The fourth-order valence-electron chi connectivity index (χ4n) is 1.46. The van der Waals surface area contributed by atoms with Gasteiger partial charge in [-0.1, -0.05) is 11.3 Å². The van der Waals surface area contributed by atoms with Crippen molar-refractivity contribution in [1.82, 2.24) is 20.4 Å². The zero-order chi connectivity index (χ0) is 14.4. The molecule has 2 heterocycles. The van der Waals surface area contributed by atoms with Crippen LogP contribution in [0.1, 0.15) is 11.9 Å². The van der Waals surface area contributed by atoms with E-state index in [2.05, 4.69) is 10.2 Å². The Morgan fingerprint density at radius 3 is 2.47 bits per heavy atom. The molecule has 1 atom stereocenters. The van der Waals surface area contributed by atoms with Crippen molar-refractivity contribution in [2.45, 2.75) is 25.2 Å². The van der Waals surface area contributed by atoms with Crippen LogP contribution in [0, 0.1) is 0 Å². The average molecular weight is 315 g/mol. The molecule has 3 amide bonds. The number of hydrogen-bond donors (Lipinski definition) is 1. The van der Waals surface area contributed by atoms with Crippen LogP contribution >= 0.6 is 22.9 Å². The number of imide groups is 1. The average Bonchev–Trinajstić information content (AvgIpc) is 2.76. The highest BCUT2D eigenvalue weighted by Gasteiger charge is 2.64. The van der Waals surface area contributed by atoms with Crippen molar-refractivity contribution in [3.05, 3.63) is 9.47 Å². The maximum absolute atomic E-state index is 12.8. The van der Waals surface area contributed by atoms with E-state index in [0.29, 0.717) is 11.8 Å². The summed E-state index contributed by atoms with van der Waals surface area (Å²) in [7, 11) is 0. The van der Waals surface area contributed by atoms with Crippen LogP contribution in [0.5, 0.6) is 0 Å². The normalized spacial score (nSPS) is 23.9. The summed E-state index contributed by atoms with van der Waals surface area (Å²) >= 11 is 6.38. The van der Waals surface area contributed by atoms with Gasteiger partial charge in [-0.2, -0.15) is 13.2 Å². The zero-order valence-electron chi connectivity index (χ0n) is 9.29. The summed E-state index contributed by atoms with van der Waals surface area (Å²) in [6.45, 7) is 0.209. The summed E-state index contributed by atoms with van der Waals surface area (Å²) in [5, 5.41) is 8.78. The van der Waals surface area contributed by atoms with Crippen LogP contribution in [-0.2, 0) is 11.3 Å². The number of nitrogens with zero attached hydrogens (tertiary/aromatic N) is 3. The van der Waals surface area contributed by atoms with E-state index in [4.69, 9.17) is 11.6 Å². The predicted octanol–water partition coefficient (Wildman–Crippen LogP) is 1.56. The molecule has 1 aromatic rings. The maximum atomic E-state index is 12.8. The molecular formula is C8H6ClF3N4O2S. The van der Waals surface area contributed by atoms with Crippen molar-refractivity contribution in [1.29, 1.82) is 0 Å². The van der Waals surface area contributed by atoms with Crippen LogP contribution in [0.2, 0.25) is 4.47 Å². The first-order valence-corrected chi connectivity index (χ1v) is 6.03. The first-order valence-electron chi connectivity index (χ1n) is 4.84. The fourth-order valence-corrected chi connectivity index (χ4v) is 2.32. The van der Waals surface area contributed by atoms with Gasteiger partial charge in [-0.3, -0.25) is 9.69 Å². The van der Waals surface area contributed by atoms with Gasteiger partial charge in [-0.25, -0.2) is 4.79 Å². The minimum absolute atomic E-state index is 0.0700. The molecule has 2 rings (SSSR count). The Balaban J connectivity index is 2.24. The van der Waals surface area contributed by atoms with E-state index in [9.17, 15) is 22.8 Å². The second kappa shape index (κ2) is 4.30. The molecule has 6 nitrogen and oxygen atoms in total. The minimum atomic E-state index is -4.88. The molecular weight excluding hydrogens is 309 g/mol. The van der Waals surface area contributed by atoms with Gasteiger partial charge >= 0.3 is 12.2 Å². The van der Waals surface area contributed by atoms with Crippen molar-refractivity contribution >= 4 is 34.9 Å². The van der Waals surface area contributed by atoms with E-state index in [-0.39, 0.29) is 9.47 Å². The molecule has 1 aliphatic heterocycles. The Bertz CT molecular complexity index is 548. The highest BCUT2D eigenvalue weighted by molar-refractivity contribution is 7.15. The smallest absolute Gasteiger partial charge is 0.316 e. The lowest BCUT2D eigenvalue weighted by atomic mass is 10.0. The van der Waals surface area contributed by atoms with E-state index in [1.54, 1.807) is 5.32 Å². The standard InChI is InChI=1S/C8H6ClF3N4O2S/c1-7(8(10,11)12)4(17)16(6(18)13-7)2-3-14-15-5(9)19-3/h2H2,1H3,(H,13,18). The van der Waals surface area contributed by atoms with Crippen LogP contribution in [0.3, 0.4) is 0 Å². The third-order valence-electron chi connectivity index (χ3n) is 2.58. The Morgan fingerprint density at radius 2 is 2.05 bits per heavy atom. The molecule has 1 aliphatic rings. The second-order valence-electron chi connectivity index (χ2n) is 3.89. The van der Waals surface area contributed by atoms with Crippen molar-refractivity contribution < 1.29 is 22.8 Å². The maximum Gasteiger partial charge on any atom is 0.420 e. The van der Waals surface area contributed by atoms with Gasteiger partial charge in [0.05, 0.1) is 6.54 Å². The summed E-state index contributed by atoms with van der Waals surface area (Å²) in [5.41, 5.74) is -2.92. The van der Waals surface area contributed by atoms with Crippen molar-refractivity contribution in [3.8, 4) is 0 Å². The van der Waals surface area contributed by atoms with Gasteiger partial charge < -0.3 is 5.32 Å². The first-order chi connectivity index (χ1) is 8.65. The number of carbonyl (C=O) groups excluding carboxylic acids is 2. The quantitative estimate of drug-likeness (QED) is 0.841. The zero-order valence-corrected chi connectivity index (χ0v) is 10.9. The molecule has 11 heteroatoms. The predicted molar refractivity (Wildman–Crippen MR) is 58.5 cm³/mol. The van der Waals surface area contributed by atoms with Crippen molar-refractivity contribution in [3.63, 3.8) is 0 Å². The van der Waals surface area contributed by atoms with Gasteiger partial charge in [0, 0.05) is 0 Å². The summed E-state index contributed by atoms with van der Waals surface area (Å²) in [6.07, 6.45) is -4.88. The third-order valence-corrected chi connectivity index (χ3v) is 3.58. The number of nitrogens with one attached hydrogen (secondary N) is 1. The molecule has 0 saturated carbocycles. The summed E-state index contributed by atoms with van der Waals surface area (Å²) in [4.78, 5) is 23.7.